The highest BCUT2D eigenvalue weighted by molar-refractivity contribution is 9.10. The molecule has 0 aliphatic rings. The minimum absolute atomic E-state index is 0.0415. The zero-order valence-corrected chi connectivity index (χ0v) is 14.6. The first-order chi connectivity index (χ1) is 10.3. The molecule has 2 aromatic rings. The summed E-state index contributed by atoms with van der Waals surface area (Å²) >= 11 is 3.18. The summed E-state index contributed by atoms with van der Waals surface area (Å²) in [6.45, 7) is 3.60. The number of rotatable bonds is 4. The van der Waals surface area contributed by atoms with Gasteiger partial charge < -0.3 is 0 Å². The Balaban J connectivity index is 2.23. The zero-order chi connectivity index (χ0) is 16.3. The van der Waals surface area contributed by atoms with Crippen molar-refractivity contribution in [2.75, 3.05) is 0 Å². The van der Waals surface area contributed by atoms with Gasteiger partial charge in [-0.3, -0.25) is 4.79 Å². The SMILES string of the molecule is Cc1cccc([C@H](C)C(=O)NS(=O)(=O)c2ccccc2Br)c1. The molecule has 0 unspecified atom stereocenters. The van der Waals surface area contributed by atoms with Gasteiger partial charge in [0, 0.05) is 4.47 Å². The molecule has 0 aliphatic carbocycles. The maximum atomic E-state index is 12.3. The lowest BCUT2D eigenvalue weighted by molar-refractivity contribution is -0.120. The fourth-order valence-electron chi connectivity index (χ4n) is 2.03. The standard InChI is InChI=1S/C16H16BrNO3S/c1-11-6-5-7-13(10-11)12(2)16(19)18-22(20,21)15-9-4-3-8-14(15)17/h3-10,12H,1-2H3,(H,18,19)/t12-/m0/s1. The van der Waals surface area contributed by atoms with E-state index in [1.165, 1.54) is 6.07 Å². The summed E-state index contributed by atoms with van der Waals surface area (Å²) in [5.74, 6) is -1.11. The summed E-state index contributed by atoms with van der Waals surface area (Å²) < 4.78 is 27.2. The van der Waals surface area contributed by atoms with Gasteiger partial charge in [-0.15, -0.1) is 0 Å². The molecule has 0 aromatic heterocycles. The third kappa shape index (κ3) is 3.75. The van der Waals surface area contributed by atoms with Gasteiger partial charge in [0.25, 0.3) is 10.0 Å². The molecule has 0 saturated carbocycles. The van der Waals surface area contributed by atoms with Crippen LogP contribution in [0.15, 0.2) is 57.9 Å². The predicted molar refractivity (Wildman–Crippen MR) is 89.1 cm³/mol. The molecule has 1 atom stereocenters. The molecule has 2 rings (SSSR count). The summed E-state index contributed by atoms with van der Waals surface area (Å²) in [5, 5.41) is 0. The highest BCUT2D eigenvalue weighted by atomic mass is 79.9. The summed E-state index contributed by atoms with van der Waals surface area (Å²) in [7, 11) is -3.90. The Bertz CT molecular complexity index is 803. The number of aryl methyl sites for hydroxylation is 1. The number of hydrogen-bond acceptors (Lipinski definition) is 3. The third-order valence-corrected chi connectivity index (χ3v) is 5.66. The smallest absolute Gasteiger partial charge is 0.265 e. The summed E-state index contributed by atoms with van der Waals surface area (Å²) in [6, 6.07) is 13.8. The van der Waals surface area contributed by atoms with E-state index in [2.05, 4.69) is 20.7 Å². The van der Waals surface area contributed by atoms with Crippen LogP contribution >= 0.6 is 15.9 Å². The number of carbonyl (C=O) groups excluding carboxylic acids is 1. The number of hydrogen-bond donors (Lipinski definition) is 1. The van der Waals surface area contributed by atoms with Crippen LogP contribution in [0, 0.1) is 6.92 Å². The van der Waals surface area contributed by atoms with Gasteiger partial charge in [0.2, 0.25) is 5.91 Å². The molecule has 4 nitrogen and oxygen atoms in total. The van der Waals surface area contributed by atoms with Crippen molar-refractivity contribution in [1.29, 1.82) is 0 Å². The van der Waals surface area contributed by atoms with Crippen LogP contribution in [0.4, 0.5) is 0 Å². The maximum absolute atomic E-state index is 12.3. The van der Waals surface area contributed by atoms with Gasteiger partial charge in [0.15, 0.2) is 0 Å². The van der Waals surface area contributed by atoms with E-state index in [1.807, 2.05) is 31.2 Å². The van der Waals surface area contributed by atoms with Crippen molar-refractivity contribution in [1.82, 2.24) is 4.72 Å². The summed E-state index contributed by atoms with van der Waals surface area (Å²) in [6.07, 6.45) is 0. The van der Waals surface area contributed by atoms with E-state index in [0.717, 1.165) is 11.1 Å². The molecule has 0 fully saturated rings. The normalized spacial score (nSPS) is 12.7. The minimum atomic E-state index is -3.90. The number of amides is 1. The summed E-state index contributed by atoms with van der Waals surface area (Å²) in [5.41, 5.74) is 1.80. The average molecular weight is 382 g/mol. The lowest BCUT2D eigenvalue weighted by Gasteiger charge is -2.14. The molecule has 0 spiro atoms. The van der Waals surface area contributed by atoms with Crippen LogP contribution in [0.25, 0.3) is 0 Å². The predicted octanol–water partition coefficient (Wildman–Crippen LogP) is 3.37. The summed E-state index contributed by atoms with van der Waals surface area (Å²) in [4.78, 5) is 12.3. The van der Waals surface area contributed by atoms with E-state index in [4.69, 9.17) is 0 Å². The first kappa shape index (κ1) is 16.7. The van der Waals surface area contributed by atoms with Gasteiger partial charge in [0.05, 0.1) is 5.92 Å². The lowest BCUT2D eigenvalue weighted by Crippen LogP contribution is -2.34. The molecule has 6 heteroatoms. The Morgan fingerprint density at radius 1 is 1.14 bits per heavy atom. The van der Waals surface area contributed by atoms with E-state index in [1.54, 1.807) is 25.1 Å². The molecule has 0 saturated heterocycles. The molecule has 0 radical (unpaired) electrons. The largest absolute Gasteiger partial charge is 0.273 e. The molecule has 1 N–H and O–H groups in total. The molecule has 0 aliphatic heterocycles. The van der Waals surface area contributed by atoms with Crippen molar-refractivity contribution in [2.24, 2.45) is 0 Å². The second-order valence-corrected chi connectivity index (χ2v) is 7.54. The first-order valence-electron chi connectivity index (χ1n) is 6.69. The van der Waals surface area contributed by atoms with Crippen molar-refractivity contribution in [2.45, 2.75) is 24.7 Å². The van der Waals surface area contributed by atoms with Gasteiger partial charge in [-0.2, -0.15) is 0 Å². The van der Waals surface area contributed by atoms with Gasteiger partial charge in [-0.1, -0.05) is 42.0 Å². The molecule has 2 aromatic carbocycles. The Labute approximate surface area is 138 Å². The Hall–Kier alpha value is -1.66. The van der Waals surface area contributed by atoms with Crippen molar-refractivity contribution in [3.63, 3.8) is 0 Å². The lowest BCUT2D eigenvalue weighted by atomic mass is 9.99. The van der Waals surface area contributed by atoms with Crippen LogP contribution < -0.4 is 4.72 Å². The molecule has 22 heavy (non-hydrogen) atoms. The van der Waals surface area contributed by atoms with Gasteiger partial charge in [0.1, 0.15) is 4.90 Å². The first-order valence-corrected chi connectivity index (χ1v) is 8.96. The van der Waals surface area contributed by atoms with Crippen molar-refractivity contribution in [3.05, 3.63) is 64.1 Å². The van der Waals surface area contributed by atoms with E-state index < -0.39 is 21.8 Å². The molecule has 0 heterocycles. The van der Waals surface area contributed by atoms with Crippen LogP contribution in [-0.2, 0) is 14.8 Å². The third-order valence-electron chi connectivity index (χ3n) is 3.30. The number of carbonyl (C=O) groups is 1. The Kier molecular flexibility index (Phi) is 5.03. The topological polar surface area (TPSA) is 63.2 Å². The average Bonchev–Trinajstić information content (AvgIpc) is 2.46. The molecule has 0 bridgehead atoms. The fraction of sp³-hybridized carbons (Fsp3) is 0.188. The molecular formula is C16H16BrNO3S. The van der Waals surface area contributed by atoms with Crippen LogP contribution in [0.5, 0.6) is 0 Å². The highest BCUT2D eigenvalue weighted by Gasteiger charge is 2.24. The van der Waals surface area contributed by atoms with Crippen molar-refractivity contribution in [3.8, 4) is 0 Å². The van der Waals surface area contributed by atoms with Crippen LogP contribution in [0.3, 0.4) is 0 Å². The van der Waals surface area contributed by atoms with Crippen molar-refractivity contribution >= 4 is 31.9 Å². The van der Waals surface area contributed by atoms with Gasteiger partial charge in [-0.25, -0.2) is 13.1 Å². The minimum Gasteiger partial charge on any atom is -0.273 e. The van der Waals surface area contributed by atoms with Gasteiger partial charge >= 0.3 is 0 Å². The van der Waals surface area contributed by atoms with E-state index in [-0.39, 0.29) is 4.90 Å². The quantitative estimate of drug-likeness (QED) is 0.882. The molecular weight excluding hydrogens is 366 g/mol. The van der Waals surface area contributed by atoms with Crippen molar-refractivity contribution < 1.29 is 13.2 Å². The number of nitrogens with one attached hydrogen (secondary N) is 1. The van der Waals surface area contributed by atoms with Crippen LogP contribution in [-0.4, -0.2) is 14.3 Å². The van der Waals surface area contributed by atoms with E-state index in [0.29, 0.717) is 4.47 Å². The maximum Gasteiger partial charge on any atom is 0.265 e. The van der Waals surface area contributed by atoms with Crippen LogP contribution in [0.2, 0.25) is 0 Å². The van der Waals surface area contributed by atoms with Crippen LogP contribution in [0.1, 0.15) is 24.0 Å². The monoisotopic (exact) mass is 381 g/mol. The number of benzene rings is 2. The Morgan fingerprint density at radius 3 is 2.45 bits per heavy atom. The zero-order valence-electron chi connectivity index (χ0n) is 12.2. The highest BCUT2D eigenvalue weighted by Crippen LogP contribution is 2.22. The van der Waals surface area contributed by atoms with E-state index in [9.17, 15) is 13.2 Å². The Morgan fingerprint density at radius 2 is 1.82 bits per heavy atom. The molecule has 116 valence electrons. The second kappa shape index (κ2) is 6.62. The second-order valence-electron chi connectivity index (χ2n) is 5.04. The number of halogens is 1. The molecule has 1 amide bonds. The van der Waals surface area contributed by atoms with Gasteiger partial charge in [-0.05, 0) is 47.5 Å². The number of sulfonamides is 1. The fourth-order valence-corrected chi connectivity index (χ4v) is 4.09. The van der Waals surface area contributed by atoms with E-state index >= 15 is 0 Å².